The first-order chi connectivity index (χ1) is 9.58. The summed E-state index contributed by atoms with van der Waals surface area (Å²) in [6.45, 7) is 0. The van der Waals surface area contributed by atoms with Gasteiger partial charge in [-0.1, -0.05) is 12.1 Å². The number of halogens is 1. The van der Waals surface area contributed by atoms with Crippen molar-refractivity contribution in [3.63, 3.8) is 0 Å². The standard InChI is InChI=1S/C15H15N3O2.ClH/c1-18(2)12-9-7-11(8-10-12)16-17-14-6-4-3-5-13(14)15(19)20;/h3-10H,1-2H3,(H,19,20);1H. The van der Waals surface area contributed by atoms with Gasteiger partial charge in [-0.2, -0.15) is 5.11 Å². The molecule has 5 nitrogen and oxygen atoms in total. The van der Waals surface area contributed by atoms with Crippen LogP contribution in [-0.4, -0.2) is 25.2 Å². The van der Waals surface area contributed by atoms with Gasteiger partial charge in [0.2, 0.25) is 0 Å². The van der Waals surface area contributed by atoms with Crippen molar-refractivity contribution in [3.05, 3.63) is 54.1 Å². The molecule has 1 N–H and O–H groups in total. The zero-order valence-electron chi connectivity index (χ0n) is 12.7. The minimum atomic E-state index is -1.01. The summed E-state index contributed by atoms with van der Waals surface area (Å²) < 4.78 is 0. The lowest BCUT2D eigenvalue weighted by Crippen LogP contribution is -3.00. The first-order valence-electron chi connectivity index (χ1n) is 6.09. The van der Waals surface area contributed by atoms with Gasteiger partial charge < -0.3 is 22.4 Å². The molecule has 0 bridgehead atoms. The van der Waals surface area contributed by atoms with E-state index in [4.69, 9.17) is 5.11 Å². The summed E-state index contributed by atoms with van der Waals surface area (Å²) in [6.07, 6.45) is 0. The maximum absolute atomic E-state index is 11.0. The van der Waals surface area contributed by atoms with Crippen LogP contribution < -0.4 is 17.3 Å². The van der Waals surface area contributed by atoms with Crippen molar-refractivity contribution < 1.29 is 23.7 Å². The molecule has 2 aromatic rings. The van der Waals surface area contributed by atoms with E-state index in [-0.39, 0.29) is 19.4 Å². The quantitative estimate of drug-likeness (QED) is 0.857. The van der Waals surface area contributed by atoms with Crippen LogP contribution in [-0.2, 0) is 0 Å². The number of carbonyl (C=O) groups is 1. The number of nitrogens with zero attached hydrogens (tertiary/aromatic N) is 3. The van der Waals surface area contributed by atoms with Gasteiger partial charge in [0.25, 0.3) is 0 Å². The molecule has 0 aliphatic carbocycles. The smallest absolute Gasteiger partial charge is 1.00 e. The molecular formula is C15H16ClN3O2. The van der Waals surface area contributed by atoms with Gasteiger partial charge in [0.05, 0.1) is 11.3 Å². The summed E-state index contributed by atoms with van der Waals surface area (Å²) in [5.74, 6) is -1.01. The van der Waals surface area contributed by atoms with Crippen LogP contribution in [0.4, 0.5) is 17.1 Å². The Morgan fingerprint density at radius 1 is 1.05 bits per heavy atom. The second kappa shape index (κ2) is 7.40. The van der Waals surface area contributed by atoms with E-state index >= 15 is 0 Å². The third kappa shape index (κ3) is 4.29. The van der Waals surface area contributed by atoms with E-state index < -0.39 is 5.97 Å². The Morgan fingerprint density at radius 3 is 2.24 bits per heavy atom. The second-order valence-electron chi connectivity index (χ2n) is 4.43. The number of hydrogen-bond acceptors (Lipinski definition) is 4. The fourth-order valence-corrected chi connectivity index (χ4v) is 1.67. The molecule has 21 heavy (non-hydrogen) atoms. The Bertz CT molecular complexity index is 645. The number of carboxylic acids is 1. The van der Waals surface area contributed by atoms with E-state index in [1.54, 1.807) is 18.2 Å². The van der Waals surface area contributed by atoms with E-state index in [0.29, 0.717) is 11.4 Å². The van der Waals surface area contributed by atoms with Crippen molar-refractivity contribution in [2.45, 2.75) is 0 Å². The van der Waals surface area contributed by atoms with Gasteiger partial charge >= 0.3 is 7.40 Å². The molecule has 0 amide bonds. The topological polar surface area (TPSA) is 65.3 Å². The summed E-state index contributed by atoms with van der Waals surface area (Å²) in [4.78, 5) is 13.0. The number of benzene rings is 2. The van der Waals surface area contributed by atoms with Crippen LogP contribution in [0.1, 0.15) is 11.8 Å². The highest BCUT2D eigenvalue weighted by Crippen LogP contribution is 2.23. The van der Waals surface area contributed by atoms with Gasteiger partial charge in [0, 0.05) is 19.8 Å². The van der Waals surface area contributed by atoms with Gasteiger partial charge in [-0.3, -0.25) is 0 Å². The van der Waals surface area contributed by atoms with E-state index in [2.05, 4.69) is 10.2 Å². The SMILES string of the molecule is CN(C)c1ccc(N=Nc2ccccc2C(=O)O)cc1.[Cl-].[H+]. The predicted octanol–water partition coefficient (Wildman–Crippen LogP) is 0.983. The molecule has 0 aromatic heterocycles. The monoisotopic (exact) mass is 305 g/mol. The molecule has 110 valence electrons. The summed E-state index contributed by atoms with van der Waals surface area (Å²) >= 11 is 0. The molecule has 2 aromatic carbocycles. The Balaban J connectivity index is 0.00000220. The average Bonchev–Trinajstić information content (AvgIpc) is 2.45. The third-order valence-electron chi connectivity index (χ3n) is 2.77. The van der Waals surface area contributed by atoms with Crippen LogP contribution in [0.15, 0.2) is 58.8 Å². The molecule has 0 aliphatic rings. The number of carboxylic acid groups (broad SMARTS) is 1. The second-order valence-corrected chi connectivity index (χ2v) is 4.43. The number of aromatic carboxylic acids is 1. The maximum Gasteiger partial charge on any atom is 1.00 e. The van der Waals surface area contributed by atoms with Gasteiger partial charge in [0.15, 0.2) is 0 Å². The first kappa shape index (κ1) is 16.7. The number of rotatable bonds is 4. The molecule has 0 aliphatic heterocycles. The Morgan fingerprint density at radius 2 is 1.67 bits per heavy atom. The van der Waals surface area contributed by atoms with Crippen LogP contribution in [0.25, 0.3) is 0 Å². The van der Waals surface area contributed by atoms with Crippen LogP contribution in [0.2, 0.25) is 0 Å². The van der Waals surface area contributed by atoms with E-state index in [9.17, 15) is 4.79 Å². The van der Waals surface area contributed by atoms with E-state index in [0.717, 1.165) is 5.69 Å². The van der Waals surface area contributed by atoms with Crippen molar-refractivity contribution in [1.29, 1.82) is 0 Å². The largest absolute Gasteiger partial charge is 1.00 e. The van der Waals surface area contributed by atoms with E-state index in [1.807, 2.05) is 43.3 Å². The zero-order valence-corrected chi connectivity index (χ0v) is 12.4. The molecule has 0 fully saturated rings. The van der Waals surface area contributed by atoms with Crippen molar-refractivity contribution in [1.82, 2.24) is 0 Å². The average molecular weight is 306 g/mol. The van der Waals surface area contributed by atoms with Crippen molar-refractivity contribution >= 4 is 23.0 Å². The highest BCUT2D eigenvalue weighted by atomic mass is 35.5. The highest BCUT2D eigenvalue weighted by Gasteiger charge is 2.07. The molecule has 0 spiro atoms. The lowest BCUT2D eigenvalue weighted by atomic mass is 10.2. The first-order valence-corrected chi connectivity index (χ1v) is 6.09. The fourth-order valence-electron chi connectivity index (χ4n) is 1.67. The minimum absolute atomic E-state index is 0. The summed E-state index contributed by atoms with van der Waals surface area (Å²) in [6, 6.07) is 14.1. The number of hydrogen-bond donors (Lipinski definition) is 1. The molecule has 0 saturated carbocycles. The highest BCUT2D eigenvalue weighted by molar-refractivity contribution is 5.93. The van der Waals surface area contributed by atoms with Crippen LogP contribution in [0, 0.1) is 0 Å². The Kier molecular flexibility index (Phi) is 5.87. The van der Waals surface area contributed by atoms with E-state index in [1.165, 1.54) is 6.07 Å². The maximum atomic E-state index is 11.0. The van der Waals surface area contributed by atoms with Gasteiger partial charge in [-0.05, 0) is 36.4 Å². The Labute approximate surface area is 130 Å². The number of azo groups is 1. The molecular weight excluding hydrogens is 290 g/mol. The van der Waals surface area contributed by atoms with Gasteiger partial charge in [-0.15, -0.1) is 5.11 Å². The van der Waals surface area contributed by atoms with Gasteiger partial charge in [-0.25, -0.2) is 4.79 Å². The lowest BCUT2D eigenvalue weighted by molar-refractivity contribution is -0.0000198. The molecule has 2 rings (SSSR count). The third-order valence-corrected chi connectivity index (χ3v) is 2.77. The molecule has 0 heterocycles. The van der Waals surface area contributed by atoms with Crippen molar-refractivity contribution in [2.75, 3.05) is 19.0 Å². The van der Waals surface area contributed by atoms with Crippen molar-refractivity contribution in [2.24, 2.45) is 10.2 Å². The zero-order chi connectivity index (χ0) is 14.5. The van der Waals surface area contributed by atoms with Crippen molar-refractivity contribution in [3.8, 4) is 0 Å². The summed E-state index contributed by atoms with van der Waals surface area (Å²) in [5, 5.41) is 17.1. The molecule has 0 unspecified atom stereocenters. The molecule has 6 heteroatoms. The number of anilines is 1. The van der Waals surface area contributed by atoms with Crippen LogP contribution in [0.5, 0.6) is 0 Å². The van der Waals surface area contributed by atoms with Gasteiger partial charge in [0.1, 0.15) is 5.69 Å². The summed E-state index contributed by atoms with van der Waals surface area (Å²) in [7, 11) is 3.92. The fraction of sp³-hybridized carbons (Fsp3) is 0.133. The molecule has 0 radical (unpaired) electrons. The lowest BCUT2D eigenvalue weighted by Gasteiger charge is -2.11. The molecule has 0 saturated heterocycles. The predicted molar refractivity (Wildman–Crippen MR) is 79.5 cm³/mol. The summed E-state index contributed by atoms with van der Waals surface area (Å²) in [5.41, 5.74) is 2.23. The molecule has 0 atom stereocenters. The minimum Gasteiger partial charge on any atom is -1.00 e. The van der Waals surface area contributed by atoms with Crippen LogP contribution in [0.3, 0.4) is 0 Å². The Hall–Kier alpha value is -2.40. The van der Waals surface area contributed by atoms with Crippen LogP contribution >= 0.6 is 0 Å². The normalized spacial score (nSPS) is 10.2.